The van der Waals surface area contributed by atoms with E-state index >= 15 is 0 Å². The molecule has 0 fully saturated rings. The van der Waals surface area contributed by atoms with Gasteiger partial charge in [-0.3, -0.25) is 4.79 Å². The van der Waals surface area contributed by atoms with Crippen LogP contribution in [0.5, 0.6) is 23.0 Å². The van der Waals surface area contributed by atoms with Gasteiger partial charge in [-0.1, -0.05) is 12.1 Å². The molecule has 2 aromatic rings. The van der Waals surface area contributed by atoms with Crippen LogP contribution in [-0.4, -0.2) is 33.6 Å². The number of benzene rings is 2. The summed E-state index contributed by atoms with van der Waals surface area (Å²) in [6.45, 7) is 0. The van der Waals surface area contributed by atoms with Crippen molar-refractivity contribution in [3.63, 3.8) is 0 Å². The molecule has 0 amide bonds. The first-order chi connectivity index (χ1) is 12.1. The predicted octanol–water partition coefficient (Wildman–Crippen LogP) is 3.88. The van der Waals surface area contributed by atoms with E-state index in [0.29, 0.717) is 23.0 Å². The van der Waals surface area contributed by atoms with Gasteiger partial charge >= 0.3 is 5.97 Å². The van der Waals surface area contributed by atoms with Crippen LogP contribution in [0.3, 0.4) is 0 Å². The molecule has 0 saturated heterocycles. The van der Waals surface area contributed by atoms with E-state index in [1.165, 1.54) is 12.0 Å². The second-order valence-corrected chi connectivity index (χ2v) is 6.44. The van der Waals surface area contributed by atoms with E-state index in [1.54, 1.807) is 32.0 Å². The highest BCUT2D eigenvalue weighted by Gasteiger charge is 2.35. The quantitative estimate of drug-likeness (QED) is 0.458. The zero-order chi connectivity index (χ0) is 18.0. The number of ether oxygens (including phenoxy) is 4. The Labute approximate surface area is 151 Å². The van der Waals surface area contributed by atoms with Crippen molar-refractivity contribution in [3.8, 4) is 23.0 Å². The molecular formula is C19H20O5S. The number of carbonyl (C=O) groups is 1. The Hall–Kier alpha value is -2.34. The molecule has 0 saturated carbocycles. The lowest BCUT2D eigenvalue weighted by molar-refractivity contribution is -0.135. The van der Waals surface area contributed by atoms with Crippen LogP contribution in [0.25, 0.3) is 0 Å². The second-order valence-electron chi connectivity index (χ2n) is 5.56. The second kappa shape index (κ2) is 7.27. The first-order valence-electron chi connectivity index (χ1n) is 7.80. The lowest BCUT2D eigenvalue weighted by atomic mass is 9.85. The minimum atomic E-state index is -0.277. The van der Waals surface area contributed by atoms with E-state index in [9.17, 15) is 4.79 Å². The summed E-state index contributed by atoms with van der Waals surface area (Å²) in [5.74, 6) is 1.49. The molecule has 0 N–H and O–H groups in total. The average Bonchev–Trinajstić information content (AvgIpc) is 2.65. The molecule has 1 aliphatic rings. The smallest absolute Gasteiger partial charge is 0.312 e. The summed E-state index contributed by atoms with van der Waals surface area (Å²) in [4.78, 5) is 13.3. The molecule has 0 aliphatic carbocycles. The number of rotatable bonds is 5. The Bertz CT molecular complexity index is 785. The van der Waals surface area contributed by atoms with Gasteiger partial charge in [-0.2, -0.15) is 0 Å². The summed E-state index contributed by atoms with van der Waals surface area (Å²) < 4.78 is 21.9. The van der Waals surface area contributed by atoms with Gasteiger partial charge in [0, 0.05) is 22.4 Å². The number of hydrogen-bond donors (Lipinski definition) is 0. The molecule has 0 unspecified atom stereocenters. The third-order valence-electron chi connectivity index (χ3n) is 4.29. The number of carbonyl (C=O) groups excluding carboxylic acids is 1. The Morgan fingerprint density at radius 3 is 2.28 bits per heavy atom. The molecule has 1 heterocycles. The summed E-state index contributed by atoms with van der Waals surface area (Å²) in [6.07, 6.45) is 2.28. The molecule has 1 aliphatic heterocycles. The monoisotopic (exact) mass is 360 g/mol. The van der Waals surface area contributed by atoms with Gasteiger partial charge in [-0.15, -0.1) is 11.8 Å². The number of fused-ring (bicyclic) bond motifs is 1. The van der Waals surface area contributed by atoms with E-state index in [2.05, 4.69) is 0 Å². The maximum absolute atomic E-state index is 12.1. The maximum atomic E-state index is 12.1. The molecule has 132 valence electrons. The van der Waals surface area contributed by atoms with Crippen molar-refractivity contribution in [2.24, 2.45) is 0 Å². The topological polar surface area (TPSA) is 54.0 Å². The van der Waals surface area contributed by atoms with E-state index in [0.717, 1.165) is 11.1 Å². The summed E-state index contributed by atoms with van der Waals surface area (Å²) in [5.41, 5.74) is 1.83. The van der Waals surface area contributed by atoms with E-state index in [4.69, 9.17) is 18.9 Å². The lowest BCUT2D eigenvalue weighted by Gasteiger charge is -2.28. The highest BCUT2D eigenvalue weighted by Crippen LogP contribution is 2.52. The number of methoxy groups -OCH3 is 3. The molecule has 3 rings (SSSR count). The molecule has 0 radical (unpaired) electrons. The standard InChI is InChI=1S/C19H20O5S/c1-21-15-10-14-17(19(23-3)18(15)22-2)13(9-16(20)24-14)11-5-7-12(25-4)8-6-11/h5-8,10,13H,9H2,1-4H3/t13-/m0/s1. The van der Waals surface area contributed by atoms with Crippen LogP contribution in [0, 0.1) is 0 Å². The summed E-state index contributed by atoms with van der Waals surface area (Å²) >= 11 is 1.68. The highest BCUT2D eigenvalue weighted by atomic mass is 32.2. The highest BCUT2D eigenvalue weighted by molar-refractivity contribution is 7.98. The summed E-state index contributed by atoms with van der Waals surface area (Å²) in [7, 11) is 4.67. The van der Waals surface area contributed by atoms with E-state index in [-0.39, 0.29) is 18.3 Å². The fourth-order valence-electron chi connectivity index (χ4n) is 3.12. The summed E-state index contributed by atoms with van der Waals surface area (Å²) in [6, 6.07) is 9.85. The van der Waals surface area contributed by atoms with Crippen LogP contribution in [0.1, 0.15) is 23.5 Å². The Morgan fingerprint density at radius 2 is 1.72 bits per heavy atom. The van der Waals surface area contributed by atoms with Crippen LogP contribution in [-0.2, 0) is 4.79 Å². The van der Waals surface area contributed by atoms with E-state index < -0.39 is 0 Å². The Morgan fingerprint density at radius 1 is 1.04 bits per heavy atom. The third kappa shape index (κ3) is 3.14. The van der Waals surface area contributed by atoms with Crippen LogP contribution >= 0.6 is 11.8 Å². The van der Waals surface area contributed by atoms with Crippen LogP contribution < -0.4 is 18.9 Å². The van der Waals surface area contributed by atoms with Gasteiger partial charge in [-0.05, 0) is 24.0 Å². The molecule has 0 bridgehead atoms. The first kappa shape index (κ1) is 17.5. The molecule has 6 heteroatoms. The maximum Gasteiger partial charge on any atom is 0.312 e. The van der Waals surface area contributed by atoms with Crippen molar-refractivity contribution >= 4 is 17.7 Å². The van der Waals surface area contributed by atoms with Gasteiger partial charge in [0.2, 0.25) is 5.75 Å². The molecule has 0 aromatic heterocycles. The first-order valence-corrected chi connectivity index (χ1v) is 9.02. The molecule has 2 aromatic carbocycles. The van der Waals surface area contributed by atoms with Crippen LogP contribution in [0.2, 0.25) is 0 Å². The number of thioether (sulfide) groups is 1. The van der Waals surface area contributed by atoms with E-state index in [1.807, 2.05) is 30.5 Å². The minimum absolute atomic E-state index is 0.165. The lowest BCUT2D eigenvalue weighted by Crippen LogP contribution is -2.22. The fraction of sp³-hybridized carbons (Fsp3) is 0.316. The largest absolute Gasteiger partial charge is 0.493 e. The molecule has 25 heavy (non-hydrogen) atoms. The predicted molar refractivity (Wildman–Crippen MR) is 96.4 cm³/mol. The van der Waals surface area contributed by atoms with Crippen molar-refractivity contribution in [1.82, 2.24) is 0 Å². The van der Waals surface area contributed by atoms with Gasteiger partial charge in [0.05, 0.1) is 27.8 Å². The van der Waals surface area contributed by atoms with Crippen molar-refractivity contribution in [2.45, 2.75) is 17.2 Å². The molecular weight excluding hydrogens is 340 g/mol. The summed E-state index contributed by atoms with van der Waals surface area (Å²) in [5, 5.41) is 0. The van der Waals surface area contributed by atoms with Crippen molar-refractivity contribution in [1.29, 1.82) is 0 Å². The van der Waals surface area contributed by atoms with Crippen molar-refractivity contribution in [3.05, 3.63) is 41.5 Å². The SMILES string of the molecule is COc1cc2c(c(OC)c1OC)[C@H](c1ccc(SC)cc1)CC(=O)O2. The molecule has 1 atom stereocenters. The van der Waals surface area contributed by atoms with Gasteiger partial charge in [0.15, 0.2) is 11.5 Å². The molecule has 0 spiro atoms. The number of esters is 1. The molecule has 5 nitrogen and oxygen atoms in total. The Kier molecular flexibility index (Phi) is 5.08. The third-order valence-corrected chi connectivity index (χ3v) is 5.04. The minimum Gasteiger partial charge on any atom is -0.493 e. The van der Waals surface area contributed by atoms with Gasteiger partial charge < -0.3 is 18.9 Å². The normalized spacial score (nSPS) is 16.0. The van der Waals surface area contributed by atoms with Gasteiger partial charge in [0.25, 0.3) is 0 Å². The van der Waals surface area contributed by atoms with Crippen LogP contribution in [0.4, 0.5) is 0 Å². The van der Waals surface area contributed by atoms with Crippen LogP contribution in [0.15, 0.2) is 35.2 Å². The van der Waals surface area contributed by atoms with Crippen molar-refractivity contribution < 1.29 is 23.7 Å². The average molecular weight is 360 g/mol. The Balaban J connectivity index is 2.19. The van der Waals surface area contributed by atoms with Gasteiger partial charge in [-0.25, -0.2) is 0 Å². The fourth-order valence-corrected chi connectivity index (χ4v) is 3.53. The zero-order valence-corrected chi connectivity index (χ0v) is 15.4. The number of hydrogen-bond acceptors (Lipinski definition) is 6. The van der Waals surface area contributed by atoms with Gasteiger partial charge in [0.1, 0.15) is 5.75 Å². The van der Waals surface area contributed by atoms with Crippen molar-refractivity contribution in [2.75, 3.05) is 27.6 Å². The zero-order valence-electron chi connectivity index (χ0n) is 14.6.